The Morgan fingerprint density at radius 1 is 1.13 bits per heavy atom. The lowest BCUT2D eigenvalue weighted by atomic mass is 9.84. The molecule has 0 unspecified atom stereocenters. The summed E-state index contributed by atoms with van der Waals surface area (Å²) in [6, 6.07) is 0.532. The lowest BCUT2D eigenvalue weighted by Crippen LogP contribution is -2.51. The SMILES string of the molecule is CN=C(NCC1(C(=O)N(C)C)CCCC1)NC1CCCCC1.I. The highest BCUT2D eigenvalue weighted by atomic mass is 127. The number of carbonyl (C=O) groups is 1. The molecule has 6 heteroatoms. The molecule has 2 aliphatic carbocycles. The number of halogens is 1. The molecule has 2 aliphatic rings. The van der Waals surface area contributed by atoms with Gasteiger partial charge in [0, 0.05) is 33.7 Å². The summed E-state index contributed by atoms with van der Waals surface area (Å²) in [5, 5.41) is 6.96. The van der Waals surface area contributed by atoms with Crippen LogP contribution in [0.15, 0.2) is 4.99 Å². The van der Waals surface area contributed by atoms with Crippen molar-refractivity contribution in [3.8, 4) is 0 Å². The van der Waals surface area contributed by atoms with E-state index in [2.05, 4.69) is 15.6 Å². The minimum absolute atomic E-state index is 0. The molecule has 0 heterocycles. The van der Waals surface area contributed by atoms with Crippen molar-refractivity contribution >= 4 is 35.8 Å². The van der Waals surface area contributed by atoms with Gasteiger partial charge in [0.15, 0.2) is 5.96 Å². The van der Waals surface area contributed by atoms with Crippen molar-refractivity contribution in [2.45, 2.75) is 63.8 Å². The molecule has 0 aliphatic heterocycles. The van der Waals surface area contributed by atoms with Crippen LogP contribution in [0.2, 0.25) is 0 Å². The van der Waals surface area contributed by atoms with Crippen molar-refractivity contribution in [2.24, 2.45) is 10.4 Å². The first kappa shape index (κ1) is 20.5. The second kappa shape index (κ2) is 9.69. The van der Waals surface area contributed by atoms with Gasteiger partial charge in [0.2, 0.25) is 5.91 Å². The fraction of sp³-hybridized carbons (Fsp3) is 0.882. The molecule has 134 valence electrons. The van der Waals surface area contributed by atoms with Gasteiger partial charge >= 0.3 is 0 Å². The molecule has 2 fully saturated rings. The largest absolute Gasteiger partial charge is 0.355 e. The summed E-state index contributed by atoms with van der Waals surface area (Å²) < 4.78 is 0. The number of aliphatic imine (C=N–C) groups is 1. The lowest BCUT2D eigenvalue weighted by molar-refractivity contribution is -0.138. The van der Waals surface area contributed by atoms with Crippen LogP contribution in [0.3, 0.4) is 0 Å². The Morgan fingerprint density at radius 2 is 1.74 bits per heavy atom. The first-order chi connectivity index (χ1) is 10.6. The third-order valence-corrected chi connectivity index (χ3v) is 5.18. The lowest BCUT2D eigenvalue weighted by Gasteiger charge is -2.32. The minimum Gasteiger partial charge on any atom is -0.355 e. The Kier molecular flexibility index (Phi) is 8.64. The molecule has 2 saturated carbocycles. The van der Waals surface area contributed by atoms with E-state index in [1.54, 1.807) is 4.90 Å². The van der Waals surface area contributed by atoms with E-state index >= 15 is 0 Å². The third-order valence-electron chi connectivity index (χ3n) is 5.18. The molecule has 0 spiro atoms. The molecule has 0 aromatic rings. The maximum absolute atomic E-state index is 12.6. The van der Waals surface area contributed by atoms with Gasteiger partial charge in [-0.1, -0.05) is 32.1 Å². The van der Waals surface area contributed by atoms with E-state index in [9.17, 15) is 4.79 Å². The fourth-order valence-electron chi connectivity index (χ4n) is 3.88. The van der Waals surface area contributed by atoms with Gasteiger partial charge < -0.3 is 15.5 Å². The molecule has 0 radical (unpaired) electrons. The van der Waals surface area contributed by atoms with Crippen LogP contribution in [0.4, 0.5) is 0 Å². The Labute approximate surface area is 158 Å². The molecular formula is C17H33IN4O. The summed E-state index contributed by atoms with van der Waals surface area (Å²) in [6.07, 6.45) is 10.7. The van der Waals surface area contributed by atoms with E-state index in [-0.39, 0.29) is 35.3 Å². The number of amides is 1. The van der Waals surface area contributed by atoms with Gasteiger partial charge in [0.1, 0.15) is 0 Å². The van der Waals surface area contributed by atoms with Crippen LogP contribution in [0, 0.1) is 5.41 Å². The highest BCUT2D eigenvalue weighted by Crippen LogP contribution is 2.38. The number of hydrogen-bond donors (Lipinski definition) is 2. The summed E-state index contributed by atoms with van der Waals surface area (Å²) >= 11 is 0. The van der Waals surface area contributed by atoms with Gasteiger partial charge in [-0.2, -0.15) is 0 Å². The van der Waals surface area contributed by atoms with Crippen LogP contribution in [-0.2, 0) is 4.79 Å². The van der Waals surface area contributed by atoms with E-state index in [1.807, 2.05) is 21.1 Å². The van der Waals surface area contributed by atoms with Crippen LogP contribution in [0.5, 0.6) is 0 Å². The molecule has 0 aromatic heterocycles. The summed E-state index contributed by atoms with van der Waals surface area (Å²) in [7, 11) is 5.53. The number of hydrogen-bond acceptors (Lipinski definition) is 2. The topological polar surface area (TPSA) is 56.7 Å². The molecule has 0 atom stereocenters. The van der Waals surface area contributed by atoms with Crippen LogP contribution >= 0.6 is 24.0 Å². The zero-order chi connectivity index (χ0) is 16.0. The molecule has 23 heavy (non-hydrogen) atoms. The summed E-state index contributed by atoms with van der Waals surface area (Å²) in [5.41, 5.74) is -0.242. The molecule has 2 rings (SSSR count). The standard InChI is InChI=1S/C17H32N4O.HI/c1-18-16(20-14-9-5-4-6-10-14)19-13-17(11-7-8-12-17)15(22)21(2)3;/h14H,4-13H2,1-3H3,(H2,18,19,20);1H. The average Bonchev–Trinajstić information content (AvgIpc) is 3.01. The van der Waals surface area contributed by atoms with Crippen LogP contribution in [0.25, 0.3) is 0 Å². The predicted octanol–water partition coefficient (Wildman–Crippen LogP) is 2.75. The van der Waals surface area contributed by atoms with Gasteiger partial charge in [-0.05, 0) is 25.7 Å². The molecule has 0 saturated heterocycles. The van der Waals surface area contributed by atoms with Crippen molar-refractivity contribution in [1.82, 2.24) is 15.5 Å². The van der Waals surface area contributed by atoms with Gasteiger partial charge in [-0.15, -0.1) is 24.0 Å². The van der Waals surface area contributed by atoms with E-state index in [1.165, 1.54) is 32.1 Å². The Bertz CT molecular complexity index is 399. The summed E-state index contributed by atoms with van der Waals surface area (Å²) in [5.74, 6) is 1.11. The zero-order valence-corrected chi connectivity index (χ0v) is 17.2. The number of nitrogens with one attached hydrogen (secondary N) is 2. The van der Waals surface area contributed by atoms with Gasteiger partial charge in [-0.25, -0.2) is 0 Å². The molecular weight excluding hydrogens is 403 g/mol. The second-order valence-corrected chi connectivity index (χ2v) is 7.09. The molecule has 5 nitrogen and oxygen atoms in total. The summed E-state index contributed by atoms with van der Waals surface area (Å²) in [4.78, 5) is 18.7. The van der Waals surface area contributed by atoms with Crippen molar-refractivity contribution in [3.05, 3.63) is 0 Å². The van der Waals surface area contributed by atoms with Gasteiger partial charge in [0.25, 0.3) is 0 Å². The van der Waals surface area contributed by atoms with Crippen molar-refractivity contribution in [1.29, 1.82) is 0 Å². The molecule has 1 amide bonds. The van der Waals surface area contributed by atoms with Crippen molar-refractivity contribution < 1.29 is 4.79 Å². The number of guanidine groups is 1. The quantitative estimate of drug-likeness (QED) is 0.405. The highest BCUT2D eigenvalue weighted by molar-refractivity contribution is 14.0. The van der Waals surface area contributed by atoms with Crippen LogP contribution < -0.4 is 10.6 Å². The fourth-order valence-corrected chi connectivity index (χ4v) is 3.88. The monoisotopic (exact) mass is 436 g/mol. The van der Waals surface area contributed by atoms with E-state index in [0.29, 0.717) is 12.6 Å². The third kappa shape index (κ3) is 5.50. The Hall–Kier alpha value is -0.530. The van der Waals surface area contributed by atoms with Crippen molar-refractivity contribution in [3.63, 3.8) is 0 Å². The first-order valence-corrected chi connectivity index (χ1v) is 8.76. The van der Waals surface area contributed by atoms with Gasteiger partial charge in [0.05, 0.1) is 5.41 Å². The predicted molar refractivity (Wildman–Crippen MR) is 106 cm³/mol. The van der Waals surface area contributed by atoms with Crippen molar-refractivity contribution in [2.75, 3.05) is 27.7 Å². The maximum Gasteiger partial charge on any atom is 0.230 e. The van der Waals surface area contributed by atoms with Crippen LogP contribution in [-0.4, -0.2) is 50.5 Å². The number of carbonyl (C=O) groups excluding carboxylic acids is 1. The normalized spacial score (nSPS) is 21.4. The summed E-state index contributed by atoms with van der Waals surface area (Å²) in [6.45, 7) is 0.691. The number of rotatable bonds is 4. The van der Waals surface area contributed by atoms with Gasteiger partial charge in [-0.3, -0.25) is 9.79 Å². The first-order valence-electron chi connectivity index (χ1n) is 8.76. The van der Waals surface area contributed by atoms with E-state index in [4.69, 9.17) is 0 Å². The molecule has 0 bridgehead atoms. The second-order valence-electron chi connectivity index (χ2n) is 7.09. The number of nitrogens with zero attached hydrogens (tertiary/aromatic N) is 2. The zero-order valence-electron chi connectivity index (χ0n) is 14.9. The van der Waals surface area contributed by atoms with E-state index < -0.39 is 0 Å². The molecule has 2 N–H and O–H groups in total. The van der Waals surface area contributed by atoms with E-state index in [0.717, 1.165) is 31.6 Å². The Balaban J connectivity index is 0.00000264. The van der Waals surface area contributed by atoms with Crippen LogP contribution in [0.1, 0.15) is 57.8 Å². The Morgan fingerprint density at radius 3 is 2.26 bits per heavy atom. The minimum atomic E-state index is -0.242. The average molecular weight is 436 g/mol. The maximum atomic E-state index is 12.6. The smallest absolute Gasteiger partial charge is 0.230 e. The highest BCUT2D eigenvalue weighted by Gasteiger charge is 2.42. The molecule has 0 aromatic carbocycles.